The van der Waals surface area contributed by atoms with Gasteiger partial charge in [-0.25, -0.2) is 8.42 Å². The lowest BCUT2D eigenvalue weighted by Gasteiger charge is -2.33. The van der Waals surface area contributed by atoms with Crippen molar-refractivity contribution in [3.8, 4) is 0 Å². The standard InChI is InChI=1S/C12H25NO12S/c14-3-5-9(19)6(16)1-13(5)2-7(17)12(25-26(22,23)24)11(21)10(20)8(18)4-15/h5-12,14-21H,1-4H2,(H,22,23,24)/t5-,6-,7?,8?,9-,10?,11?,12-/m1/s1. The van der Waals surface area contributed by atoms with E-state index in [1.807, 2.05) is 0 Å². The molecule has 13 nitrogen and oxygen atoms in total. The van der Waals surface area contributed by atoms with E-state index >= 15 is 0 Å². The molecule has 0 aliphatic carbocycles. The summed E-state index contributed by atoms with van der Waals surface area (Å²) in [5.74, 6) is 0. The second-order valence-corrected chi connectivity index (χ2v) is 7.19. The summed E-state index contributed by atoms with van der Waals surface area (Å²) < 4.78 is 36.6. The molecule has 0 aromatic rings. The zero-order valence-corrected chi connectivity index (χ0v) is 14.4. The number of quaternary nitrogens is 1. The topological polar surface area (TPSA) is 233 Å². The summed E-state index contributed by atoms with van der Waals surface area (Å²) in [5, 5.41) is 76.5. The molecule has 0 amide bonds. The smallest absolute Gasteiger partial charge is 0.218 e. The maximum atomic E-state index is 10.9. The summed E-state index contributed by atoms with van der Waals surface area (Å²) in [6.45, 7) is -2.22. The minimum atomic E-state index is -5.44. The van der Waals surface area contributed by atoms with Crippen molar-refractivity contribution in [2.24, 2.45) is 0 Å². The molecule has 1 heterocycles. The number of aliphatic hydroxyl groups is 8. The predicted octanol–water partition coefficient (Wildman–Crippen LogP) is -7.75. The Morgan fingerprint density at radius 1 is 1.08 bits per heavy atom. The first kappa shape index (κ1) is 23.5. The van der Waals surface area contributed by atoms with Crippen molar-refractivity contribution in [1.29, 1.82) is 0 Å². The zero-order chi connectivity index (χ0) is 20.2. The van der Waals surface area contributed by atoms with Crippen molar-refractivity contribution in [3.05, 3.63) is 0 Å². The van der Waals surface area contributed by atoms with E-state index in [9.17, 15) is 48.7 Å². The first-order valence-electron chi connectivity index (χ1n) is 7.71. The van der Waals surface area contributed by atoms with Crippen LogP contribution in [0.3, 0.4) is 0 Å². The quantitative estimate of drug-likeness (QED) is 0.121. The Bertz CT molecular complexity index is 532. The molecular weight excluding hydrogens is 382 g/mol. The molecule has 1 aliphatic heterocycles. The van der Waals surface area contributed by atoms with Gasteiger partial charge in [0.25, 0.3) is 0 Å². The molecule has 26 heavy (non-hydrogen) atoms. The highest BCUT2D eigenvalue weighted by Crippen LogP contribution is 2.14. The van der Waals surface area contributed by atoms with Crippen molar-refractivity contribution in [2.75, 3.05) is 26.3 Å². The molecule has 0 bridgehead atoms. The zero-order valence-electron chi connectivity index (χ0n) is 13.6. The summed E-state index contributed by atoms with van der Waals surface area (Å²) in [6, 6.07) is -0.936. The van der Waals surface area contributed by atoms with Crippen molar-refractivity contribution in [2.45, 2.75) is 48.8 Å². The third kappa shape index (κ3) is 6.01. The normalized spacial score (nSPS) is 32.8. The Balaban J connectivity index is 2.95. The first-order chi connectivity index (χ1) is 11.9. The molecule has 1 fully saturated rings. The van der Waals surface area contributed by atoms with Gasteiger partial charge >= 0.3 is 0 Å². The molecule has 0 radical (unpaired) electrons. The molecule has 1 saturated heterocycles. The van der Waals surface area contributed by atoms with E-state index in [1.165, 1.54) is 0 Å². The van der Waals surface area contributed by atoms with Crippen molar-refractivity contribution in [1.82, 2.24) is 0 Å². The first-order valence-corrected chi connectivity index (χ1v) is 9.05. The molecule has 0 aromatic carbocycles. The van der Waals surface area contributed by atoms with Gasteiger partial charge in [0.15, 0.2) is 0 Å². The second kappa shape index (κ2) is 9.63. The fourth-order valence-corrected chi connectivity index (χ4v) is 3.44. The van der Waals surface area contributed by atoms with Crippen LogP contribution in [0.1, 0.15) is 0 Å². The highest BCUT2D eigenvalue weighted by Gasteiger charge is 2.46. The molecule has 9 N–H and O–H groups in total. The van der Waals surface area contributed by atoms with Gasteiger partial charge < -0.3 is 50.3 Å². The molecule has 0 spiro atoms. The predicted molar refractivity (Wildman–Crippen MR) is 79.3 cm³/mol. The second-order valence-electron chi connectivity index (χ2n) is 6.18. The van der Waals surface area contributed by atoms with Gasteiger partial charge in [0.05, 0.1) is 13.2 Å². The number of nitrogens with one attached hydrogen (secondary N) is 1. The number of likely N-dealkylation sites (tertiary alicyclic amines) is 1. The monoisotopic (exact) mass is 407 g/mol. The van der Waals surface area contributed by atoms with Crippen molar-refractivity contribution in [3.63, 3.8) is 0 Å². The number of hydrogen-bond donors (Lipinski definition) is 9. The van der Waals surface area contributed by atoms with E-state index in [2.05, 4.69) is 4.18 Å². The fourth-order valence-electron chi connectivity index (χ4n) is 2.92. The van der Waals surface area contributed by atoms with Crippen LogP contribution in [0.5, 0.6) is 0 Å². The van der Waals surface area contributed by atoms with Crippen LogP contribution in [0.2, 0.25) is 0 Å². The van der Waals surface area contributed by atoms with Crippen LogP contribution >= 0.6 is 0 Å². The fraction of sp³-hybridized carbons (Fsp3) is 1.00. The summed E-state index contributed by atoms with van der Waals surface area (Å²) in [5.41, 5.74) is 0. The Labute approximate surface area is 149 Å². The van der Waals surface area contributed by atoms with E-state index < -0.39 is 78.9 Å². The average Bonchev–Trinajstić information content (AvgIpc) is 2.82. The number of rotatable bonds is 10. The van der Waals surface area contributed by atoms with Crippen LogP contribution in [0.4, 0.5) is 0 Å². The lowest BCUT2D eigenvalue weighted by molar-refractivity contribution is -0.919. The van der Waals surface area contributed by atoms with E-state index in [0.717, 1.165) is 0 Å². The van der Waals surface area contributed by atoms with E-state index in [1.54, 1.807) is 0 Å². The summed E-state index contributed by atoms with van der Waals surface area (Å²) in [7, 11) is -5.44. The molecule has 14 heteroatoms. The third-order valence-electron chi connectivity index (χ3n) is 4.35. The van der Waals surface area contributed by atoms with Crippen LogP contribution in [-0.4, -0.2) is 129 Å². The van der Waals surface area contributed by atoms with E-state index in [-0.39, 0.29) is 11.4 Å². The van der Waals surface area contributed by atoms with Gasteiger partial charge in [-0.05, 0) is 0 Å². The molecule has 1 aliphatic rings. The SMILES string of the molecule is O=S(=O)([O-])O[C@H](C(O)C[NH+]1C[C@@H](O)[C@H](O)[C@H]1CO)C(O)C(O)C(O)CO. The van der Waals surface area contributed by atoms with E-state index in [0.29, 0.717) is 0 Å². The van der Waals surface area contributed by atoms with Crippen LogP contribution in [-0.2, 0) is 14.6 Å². The largest absolute Gasteiger partial charge is 0.726 e. The number of hydrogen-bond acceptors (Lipinski definition) is 12. The highest BCUT2D eigenvalue weighted by atomic mass is 32.3. The minimum Gasteiger partial charge on any atom is -0.726 e. The Morgan fingerprint density at radius 3 is 2.12 bits per heavy atom. The van der Waals surface area contributed by atoms with Crippen LogP contribution in [0.25, 0.3) is 0 Å². The molecule has 9 atom stereocenters. The van der Waals surface area contributed by atoms with Gasteiger partial charge in [-0.3, -0.25) is 4.18 Å². The molecule has 1 rings (SSSR count). The van der Waals surface area contributed by atoms with Gasteiger partial charge in [0.2, 0.25) is 10.4 Å². The lowest BCUT2D eigenvalue weighted by Crippen LogP contribution is -3.16. The van der Waals surface area contributed by atoms with Gasteiger partial charge in [0.1, 0.15) is 61.9 Å². The Hall–Kier alpha value is -0.490. The summed E-state index contributed by atoms with van der Waals surface area (Å²) in [6.07, 6.45) is -13.0. The van der Waals surface area contributed by atoms with Crippen LogP contribution < -0.4 is 4.90 Å². The molecular formula is C12H25NO12S. The number of aliphatic hydroxyl groups excluding tert-OH is 8. The van der Waals surface area contributed by atoms with Gasteiger partial charge in [-0.15, -0.1) is 0 Å². The average molecular weight is 407 g/mol. The van der Waals surface area contributed by atoms with E-state index in [4.69, 9.17) is 5.11 Å². The molecule has 5 unspecified atom stereocenters. The molecule has 0 saturated carbocycles. The molecule has 156 valence electrons. The lowest BCUT2D eigenvalue weighted by atomic mass is 9.99. The van der Waals surface area contributed by atoms with Crippen LogP contribution in [0, 0.1) is 0 Å². The third-order valence-corrected chi connectivity index (χ3v) is 4.80. The Kier molecular flexibility index (Phi) is 8.72. The van der Waals surface area contributed by atoms with Crippen molar-refractivity contribution >= 4 is 10.4 Å². The van der Waals surface area contributed by atoms with Crippen molar-refractivity contribution < 1.29 is 62.9 Å². The minimum absolute atomic E-state index is 0.141. The highest BCUT2D eigenvalue weighted by molar-refractivity contribution is 7.80. The van der Waals surface area contributed by atoms with Crippen LogP contribution in [0.15, 0.2) is 0 Å². The van der Waals surface area contributed by atoms with Gasteiger partial charge in [-0.2, -0.15) is 0 Å². The summed E-state index contributed by atoms with van der Waals surface area (Å²) >= 11 is 0. The Morgan fingerprint density at radius 2 is 1.65 bits per heavy atom. The van der Waals surface area contributed by atoms with Gasteiger partial charge in [-0.1, -0.05) is 0 Å². The van der Waals surface area contributed by atoms with Gasteiger partial charge in [0, 0.05) is 0 Å². The maximum absolute atomic E-state index is 10.9. The maximum Gasteiger partial charge on any atom is 0.218 e. The molecule has 0 aromatic heterocycles. The summed E-state index contributed by atoms with van der Waals surface area (Å²) in [4.78, 5) is 0.223.